The summed E-state index contributed by atoms with van der Waals surface area (Å²) < 4.78 is 18.1. The average molecular weight is 336 g/mol. The van der Waals surface area contributed by atoms with E-state index >= 15 is 0 Å². The van der Waals surface area contributed by atoms with E-state index in [9.17, 15) is 9.65 Å². The first-order valence-electron chi connectivity index (χ1n) is 7.17. The van der Waals surface area contributed by atoms with Gasteiger partial charge in [-0.05, 0) is 48.0 Å². The summed E-state index contributed by atoms with van der Waals surface area (Å²) in [7, 11) is 1.62. The number of nitriles is 1. The molecule has 1 aromatic heterocycles. The van der Waals surface area contributed by atoms with Crippen LogP contribution in [-0.2, 0) is 0 Å². The molecule has 0 unspecified atom stereocenters. The fourth-order valence-corrected chi connectivity index (χ4v) is 2.95. The van der Waals surface area contributed by atoms with Crippen molar-refractivity contribution < 1.29 is 9.13 Å². The molecule has 0 aliphatic heterocycles. The Bertz CT molecular complexity index is 906. The van der Waals surface area contributed by atoms with Gasteiger partial charge in [-0.1, -0.05) is 12.1 Å². The lowest BCUT2D eigenvalue weighted by Gasteiger charge is -2.00. The Morgan fingerprint density at radius 3 is 2.50 bits per heavy atom. The maximum atomic E-state index is 13.0. The van der Waals surface area contributed by atoms with Gasteiger partial charge < -0.3 is 4.74 Å². The van der Waals surface area contributed by atoms with Gasteiger partial charge in [-0.15, -0.1) is 11.3 Å². The number of ether oxygens (including phenoxy) is 1. The predicted molar refractivity (Wildman–Crippen MR) is 94.0 cm³/mol. The van der Waals surface area contributed by atoms with E-state index in [1.54, 1.807) is 25.3 Å². The zero-order valence-corrected chi connectivity index (χ0v) is 13.7. The van der Waals surface area contributed by atoms with Crippen LogP contribution < -0.4 is 4.74 Å². The van der Waals surface area contributed by atoms with Crippen LogP contribution in [0.1, 0.15) is 10.6 Å². The van der Waals surface area contributed by atoms with Gasteiger partial charge in [-0.25, -0.2) is 9.37 Å². The molecule has 5 heteroatoms. The lowest BCUT2D eigenvalue weighted by Crippen LogP contribution is -1.85. The quantitative estimate of drug-likeness (QED) is 0.628. The maximum absolute atomic E-state index is 13.0. The number of thiazole rings is 1. The van der Waals surface area contributed by atoms with Crippen LogP contribution in [0.3, 0.4) is 0 Å². The fourth-order valence-electron chi connectivity index (χ4n) is 2.16. The van der Waals surface area contributed by atoms with Crippen molar-refractivity contribution in [3.8, 4) is 23.1 Å². The molecule has 0 atom stereocenters. The van der Waals surface area contributed by atoms with E-state index < -0.39 is 0 Å². The molecule has 0 aliphatic carbocycles. The molecule has 0 saturated heterocycles. The van der Waals surface area contributed by atoms with Gasteiger partial charge in [-0.3, -0.25) is 0 Å². The smallest absolute Gasteiger partial charge is 0.134 e. The van der Waals surface area contributed by atoms with Crippen LogP contribution in [0.5, 0.6) is 5.75 Å². The Labute approximate surface area is 143 Å². The third-order valence-corrected chi connectivity index (χ3v) is 4.30. The van der Waals surface area contributed by atoms with Crippen LogP contribution in [0.2, 0.25) is 0 Å². The molecule has 0 spiro atoms. The number of aromatic nitrogens is 1. The summed E-state index contributed by atoms with van der Waals surface area (Å²) >= 11 is 1.40. The fraction of sp³-hybridized carbons (Fsp3) is 0.0526. The van der Waals surface area contributed by atoms with E-state index in [0.29, 0.717) is 10.6 Å². The largest absolute Gasteiger partial charge is 0.497 e. The molecular formula is C19H13FN2OS. The van der Waals surface area contributed by atoms with Gasteiger partial charge in [0.15, 0.2) is 0 Å². The molecule has 0 amide bonds. The summed E-state index contributed by atoms with van der Waals surface area (Å²) in [5.41, 5.74) is 2.97. The Balaban J connectivity index is 1.90. The summed E-state index contributed by atoms with van der Waals surface area (Å²) in [5, 5.41) is 11.9. The number of hydrogen-bond donors (Lipinski definition) is 0. The summed E-state index contributed by atoms with van der Waals surface area (Å²) in [6.07, 6.45) is 1.70. The maximum Gasteiger partial charge on any atom is 0.134 e. The summed E-state index contributed by atoms with van der Waals surface area (Å²) in [4.78, 5) is 4.53. The van der Waals surface area contributed by atoms with Crippen molar-refractivity contribution in [1.82, 2.24) is 4.98 Å². The lowest BCUT2D eigenvalue weighted by molar-refractivity contribution is 0.415. The highest BCUT2D eigenvalue weighted by Gasteiger charge is 2.09. The van der Waals surface area contributed by atoms with Gasteiger partial charge in [0.1, 0.15) is 22.6 Å². The van der Waals surface area contributed by atoms with Crippen molar-refractivity contribution in [2.45, 2.75) is 0 Å². The number of methoxy groups -OCH3 is 1. The summed E-state index contributed by atoms with van der Waals surface area (Å²) in [6, 6.07) is 15.7. The molecule has 0 fully saturated rings. The van der Waals surface area contributed by atoms with E-state index in [2.05, 4.69) is 11.1 Å². The van der Waals surface area contributed by atoms with Gasteiger partial charge in [0.05, 0.1) is 18.4 Å². The Morgan fingerprint density at radius 1 is 1.17 bits per heavy atom. The highest BCUT2D eigenvalue weighted by Crippen LogP contribution is 2.28. The first kappa shape index (κ1) is 15.9. The minimum Gasteiger partial charge on any atom is -0.497 e. The Kier molecular flexibility index (Phi) is 4.69. The zero-order chi connectivity index (χ0) is 16.9. The SMILES string of the molecule is COc1ccc(-c2csc(C(C#N)=Cc3ccc(F)cc3)n2)cc1. The van der Waals surface area contributed by atoms with Crippen molar-refractivity contribution in [2.24, 2.45) is 0 Å². The predicted octanol–water partition coefficient (Wildman–Crippen LogP) is 5.02. The third-order valence-electron chi connectivity index (χ3n) is 3.42. The molecule has 118 valence electrons. The molecular weight excluding hydrogens is 323 g/mol. The van der Waals surface area contributed by atoms with Gasteiger partial charge in [0.2, 0.25) is 0 Å². The van der Waals surface area contributed by atoms with E-state index in [0.717, 1.165) is 22.6 Å². The van der Waals surface area contributed by atoms with Gasteiger partial charge in [-0.2, -0.15) is 5.26 Å². The molecule has 0 aliphatic rings. The Morgan fingerprint density at radius 2 is 1.88 bits per heavy atom. The molecule has 3 nitrogen and oxygen atoms in total. The highest BCUT2D eigenvalue weighted by molar-refractivity contribution is 7.11. The third kappa shape index (κ3) is 3.50. The standard InChI is InChI=1S/C19H13FN2OS/c1-23-17-8-4-14(5-9-17)18-12-24-19(22-18)15(11-21)10-13-2-6-16(20)7-3-13/h2-10,12H,1H3. The summed E-state index contributed by atoms with van der Waals surface area (Å²) in [5.74, 6) is 0.477. The van der Waals surface area contributed by atoms with Crippen LogP contribution in [0.15, 0.2) is 53.9 Å². The first-order chi connectivity index (χ1) is 11.7. The van der Waals surface area contributed by atoms with Gasteiger partial charge in [0, 0.05) is 10.9 Å². The number of halogens is 1. The minimum absolute atomic E-state index is 0.304. The van der Waals surface area contributed by atoms with Gasteiger partial charge in [0.25, 0.3) is 0 Å². The number of allylic oxidation sites excluding steroid dienone is 1. The molecule has 24 heavy (non-hydrogen) atoms. The van der Waals surface area contributed by atoms with Crippen LogP contribution in [0.25, 0.3) is 22.9 Å². The molecule has 3 aromatic rings. The second-order valence-corrected chi connectivity index (χ2v) is 5.85. The second kappa shape index (κ2) is 7.07. The highest BCUT2D eigenvalue weighted by atomic mass is 32.1. The zero-order valence-electron chi connectivity index (χ0n) is 12.9. The van der Waals surface area contributed by atoms with E-state index in [1.807, 2.05) is 29.6 Å². The van der Waals surface area contributed by atoms with E-state index in [1.165, 1.54) is 23.5 Å². The number of benzene rings is 2. The van der Waals surface area contributed by atoms with Crippen molar-refractivity contribution in [3.63, 3.8) is 0 Å². The van der Waals surface area contributed by atoms with Crippen LogP contribution in [0, 0.1) is 17.1 Å². The van der Waals surface area contributed by atoms with Crippen molar-refractivity contribution >= 4 is 23.0 Å². The van der Waals surface area contributed by atoms with Crippen LogP contribution in [0.4, 0.5) is 4.39 Å². The normalized spacial score (nSPS) is 11.1. The summed E-state index contributed by atoms with van der Waals surface area (Å²) in [6.45, 7) is 0. The second-order valence-electron chi connectivity index (χ2n) is 4.99. The molecule has 0 N–H and O–H groups in total. The molecule has 1 heterocycles. The first-order valence-corrected chi connectivity index (χ1v) is 8.05. The molecule has 0 radical (unpaired) electrons. The number of nitrogens with zero attached hydrogens (tertiary/aromatic N) is 2. The van der Waals surface area contributed by atoms with E-state index in [-0.39, 0.29) is 5.82 Å². The van der Waals surface area contributed by atoms with Gasteiger partial charge >= 0.3 is 0 Å². The molecule has 0 bridgehead atoms. The molecule has 0 saturated carbocycles. The minimum atomic E-state index is -0.304. The topological polar surface area (TPSA) is 45.9 Å². The Hall–Kier alpha value is -2.97. The number of rotatable bonds is 4. The van der Waals surface area contributed by atoms with Crippen LogP contribution in [-0.4, -0.2) is 12.1 Å². The van der Waals surface area contributed by atoms with Crippen molar-refractivity contribution in [3.05, 3.63) is 70.3 Å². The molecule has 3 rings (SSSR count). The van der Waals surface area contributed by atoms with E-state index in [4.69, 9.17) is 4.74 Å². The average Bonchev–Trinajstić information content (AvgIpc) is 3.11. The monoisotopic (exact) mass is 336 g/mol. The lowest BCUT2D eigenvalue weighted by atomic mass is 10.1. The number of hydrogen-bond acceptors (Lipinski definition) is 4. The van der Waals surface area contributed by atoms with Crippen molar-refractivity contribution in [2.75, 3.05) is 7.11 Å². The molecule has 2 aromatic carbocycles. The van der Waals surface area contributed by atoms with Crippen LogP contribution >= 0.6 is 11.3 Å². The van der Waals surface area contributed by atoms with Crippen molar-refractivity contribution in [1.29, 1.82) is 5.26 Å².